The smallest absolute Gasteiger partial charge is 0.241 e. The van der Waals surface area contributed by atoms with Crippen LogP contribution in [0.2, 0.25) is 5.02 Å². The van der Waals surface area contributed by atoms with Gasteiger partial charge in [0, 0.05) is 10.4 Å². The average Bonchev–Trinajstić information content (AvgIpc) is 3.41. The average molecular weight is 350 g/mol. The molecule has 2 aliphatic carbocycles. The molecule has 0 amide bonds. The molecule has 0 unspecified atom stereocenters. The van der Waals surface area contributed by atoms with Gasteiger partial charge in [-0.2, -0.15) is 0 Å². The highest BCUT2D eigenvalue weighted by Crippen LogP contribution is 2.58. The molecule has 0 saturated heterocycles. The minimum Gasteiger partial charge on any atom is -0.241 e. The molecule has 1 aromatic carbocycles. The lowest BCUT2D eigenvalue weighted by Crippen LogP contribution is -2.13. The number of hydrogen-bond donors (Lipinski definition) is 0. The van der Waals surface area contributed by atoms with E-state index < -0.39 is 9.84 Å². The van der Waals surface area contributed by atoms with Gasteiger partial charge < -0.3 is 0 Å². The quantitative estimate of drug-likeness (QED) is 0.854. The first-order valence-electron chi connectivity index (χ1n) is 7.96. The lowest BCUT2D eigenvalue weighted by Gasteiger charge is -2.13. The van der Waals surface area contributed by atoms with Crippen LogP contribution in [0.25, 0.3) is 0 Å². The molecule has 3 aliphatic rings. The van der Waals surface area contributed by atoms with E-state index in [9.17, 15) is 8.42 Å². The van der Waals surface area contributed by atoms with Crippen molar-refractivity contribution >= 4 is 21.4 Å². The van der Waals surface area contributed by atoms with Crippen LogP contribution in [0.4, 0.5) is 0 Å². The summed E-state index contributed by atoms with van der Waals surface area (Å²) < 4.78 is 26.8. The molecule has 2 aromatic rings. The molecule has 7 heteroatoms. The summed E-state index contributed by atoms with van der Waals surface area (Å²) >= 11 is 6.12. The van der Waals surface area contributed by atoms with Crippen molar-refractivity contribution in [1.82, 2.24) is 14.8 Å². The minimum atomic E-state index is -3.35. The van der Waals surface area contributed by atoms with E-state index in [1.165, 1.54) is 0 Å². The van der Waals surface area contributed by atoms with Gasteiger partial charge in [-0.1, -0.05) is 23.7 Å². The van der Waals surface area contributed by atoms with Crippen molar-refractivity contribution in [3.63, 3.8) is 0 Å². The Balaban J connectivity index is 1.63. The highest BCUT2D eigenvalue weighted by molar-refractivity contribution is 7.92. The van der Waals surface area contributed by atoms with Crippen molar-refractivity contribution in [2.45, 2.75) is 54.0 Å². The fraction of sp³-hybridized carbons (Fsp3) is 0.500. The summed E-state index contributed by atoms with van der Waals surface area (Å²) in [6.45, 7) is 0. The van der Waals surface area contributed by atoms with Crippen molar-refractivity contribution in [1.29, 1.82) is 0 Å². The summed E-state index contributed by atoms with van der Waals surface area (Å²) in [5, 5.41) is 4.86. The Morgan fingerprint density at radius 2 is 2.04 bits per heavy atom. The number of hydrogen-bond acceptors (Lipinski definition) is 4. The molecule has 0 N–H and O–H groups in total. The highest BCUT2D eigenvalue weighted by atomic mass is 35.5. The van der Waals surface area contributed by atoms with Gasteiger partial charge in [0.2, 0.25) is 9.84 Å². The Labute approximate surface area is 139 Å². The third-order valence-corrected chi connectivity index (χ3v) is 7.54. The van der Waals surface area contributed by atoms with E-state index in [1.54, 1.807) is 0 Å². The van der Waals surface area contributed by atoms with Gasteiger partial charge in [-0.15, -0.1) is 5.10 Å². The maximum atomic E-state index is 12.5. The fourth-order valence-electron chi connectivity index (χ4n) is 3.63. The van der Waals surface area contributed by atoms with Gasteiger partial charge in [0.25, 0.3) is 5.16 Å². The Kier molecular flexibility index (Phi) is 2.65. The maximum absolute atomic E-state index is 12.5. The molecule has 0 bridgehead atoms. The van der Waals surface area contributed by atoms with Crippen molar-refractivity contribution in [3.8, 4) is 0 Å². The minimum absolute atomic E-state index is 0.0213. The molecule has 2 fully saturated rings. The first kappa shape index (κ1) is 14.0. The van der Waals surface area contributed by atoms with Crippen molar-refractivity contribution in [3.05, 3.63) is 40.7 Å². The van der Waals surface area contributed by atoms with Crippen LogP contribution in [0, 0.1) is 0 Å². The largest absolute Gasteiger partial charge is 0.267 e. The molecular formula is C16H16ClN3O2S. The Bertz CT molecular complexity index is 913. The zero-order valence-electron chi connectivity index (χ0n) is 12.4. The maximum Gasteiger partial charge on any atom is 0.267 e. The molecule has 1 spiro atoms. The lowest BCUT2D eigenvalue weighted by atomic mass is 9.97. The molecule has 2 saturated carbocycles. The van der Waals surface area contributed by atoms with E-state index in [1.807, 2.05) is 28.9 Å². The second-order valence-electron chi connectivity index (χ2n) is 6.96. The van der Waals surface area contributed by atoms with E-state index in [4.69, 9.17) is 11.6 Å². The number of aromatic nitrogens is 3. The molecule has 120 valence electrons. The third-order valence-electron chi connectivity index (χ3n) is 5.27. The molecule has 2 heterocycles. The third kappa shape index (κ3) is 2.01. The van der Waals surface area contributed by atoms with Crippen LogP contribution in [0.1, 0.15) is 49.5 Å². The molecule has 1 atom stereocenters. The normalized spacial score (nSPS) is 24.8. The zero-order chi connectivity index (χ0) is 15.8. The predicted molar refractivity (Wildman–Crippen MR) is 85.3 cm³/mol. The summed E-state index contributed by atoms with van der Waals surface area (Å²) in [7, 11) is -3.35. The van der Waals surface area contributed by atoms with Crippen LogP contribution in [0.3, 0.4) is 0 Å². The van der Waals surface area contributed by atoms with Crippen LogP contribution >= 0.6 is 11.6 Å². The van der Waals surface area contributed by atoms with Crippen LogP contribution in [-0.2, 0) is 15.3 Å². The number of halogens is 1. The van der Waals surface area contributed by atoms with Crippen LogP contribution in [0.15, 0.2) is 29.4 Å². The van der Waals surface area contributed by atoms with Gasteiger partial charge in [0.15, 0.2) is 0 Å². The van der Waals surface area contributed by atoms with Gasteiger partial charge in [0.05, 0.1) is 11.3 Å². The first-order valence-corrected chi connectivity index (χ1v) is 9.88. The second-order valence-corrected chi connectivity index (χ2v) is 9.52. The fourth-order valence-corrected chi connectivity index (χ4v) is 5.30. The van der Waals surface area contributed by atoms with Crippen LogP contribution in [0.5, 0.6) is 0 Å². The Hall–Kier alpha value is -1.40. The van der Waals surface area contributed by atoms with Gasteiger partial charge >= 0.3 is 0 Å². The lowest BCUT2D eigenvalue weighted by molar-refractivity contribution is 0.513. The van der Waals surface area contributed by atoms with E-state index in [2.05, 4.69) is 10.1 Å². The van der Waals surface area contributed by atoms with Crippen molar-refractivity contribution < 1.29 is 8.42 Å². The van der Waals surface area contributed by atoms with Crippen molar-refractivity contribution in [2.75, 3.05) is 0 Å². The molecule has 0 radical (unpaired) electrons. The van der Waals surface area contributed by atoms with Crippen molar-refractivity contribution in [2.24, 2.45) is 0 Å². The molecule has 1 aromatic heterocycles. The van der Waals surface area contributed by atoms with E-state index in [0.717, 1.165) is 43.5 Å². The Morgan fingerprint density at radius 1 is 1.26 bits per heavy atom. The molecular weight excluding hydrogens is 334 g/mol. The van der Waals surface area contributed by atoms with E-state index in [0.29, 0.717) is 5.02 Å². The number of rotatable bonds is 3. The summed E-state index contributed by atoms with van der Waals surface area (Å²) in [6, 6.07) is 7.76. The van der Waals surface area contributed by atoms with Crippen LogP contribution in [-0.4, -0.2) is 28.4 Å². The van der Waals surface area contributed by atoms with Gasteiger partial charge in [0.1, 0.15) is 5.82 Å². The van der Waals surface area contributed by atoms with E-state index in [-0.39, 0.29) is 21.9 Å². The number of fused-ring (bicyclic) bond motifs is 2. The molecule has 1 aliphatic heterocycles. The standard InChI is InChI=1S/C16H16ClN3O2S/c17-11-3-1-2-10(8-11)13-9-16(6-7-16)14-18-15(19-20(13)14)23(21,22)12-4-5-12/h1-3,8,12-13H,4-7,9H2/t13-/m0/s1. The highest BCUT2D eigenvalue weighted by Gasteiger charge is 2.56. The van der Waals surface area contributed by atoms with Crippen LogP contribution < -0.4 is 0 Å². The second kappa shape index (κ2) is 4.36. The van der Waals surface area contributed by atoms with Gasteiger partial charge in [-0.3, -0.25) is 0 Å². The number of benzene rings is 1. The van der Waals surface area contributed by atoms with Gasteiger partial charge in [-0.25, -0.2) is 18.1 Å². The summed E-state index contributed by atoms with van der Waals surface area (Å²) in [6.07, 6.45) is 4.52. The SMILES string of the molecule is O=S(=O)(c1nc2n(n1)[C@H](c1cccc(Cl)c1)CC21CC1)C1CC1. The first-order chi connectivity index (χ1) is 11.0. The zero-order valence-corrected chi connectivity index (χ0v) is 14.0. The Morgan fingerprint density at radius 3 is 2.70 bits per heavy atom. The number of sulfone groups is 1. The molecule has 5 rings (SSSR count). The summed E-state index contributed by atoms with van der Waals surface area (Å²) in [5.74, 6) is 0.849. The number of nitrogens with zero attached hydrogens (tertiary/aromatic N) is 3. The monoisotopic (exact) mass is 349 g/mol. The van der Waals surface area contributed by atoms with E-state index >= 15 is 0 Å². The predicted octanol–water partition coefficient (Wildman–Crippen LogP) is 2.89. The summed E-state index contributed by atoms with van der Waals surface area (Å²) in [4.78, 5) is 4.47. The topological polar surface area (TPSA) is 64.8 Å². The molecule has 5 nitrogen and oxygen atoms in total. The summed E-state index contributed by atoms with van der Waals surface area (Å²) in [5.41, 5.74) is 1.10. The van der Waals surface area contributed by atoms with Gasteiger partial charge in [-0.05, 0) is 49.8 Å². The molecule has 23 heavy (non-hydrogen) atoms.